The van der Waals surface area contributed by atoms with Gasteiger partial charge in [-0.05, 0) is 38.8 Å². The molecule has 0 saturated heterocycles. The Morgan fingerprint density at radius 2 is 2.06 bits per heavy atom. The molecule has 4 rings (SSSR count). The van der Waals surface area contributed by atoms with Crippen LogP contribution in [0.25, 0.3) is 11.5 Å². The molecule has 31 heavy (non-hydrogen) atoms. The lowest BCUT2D eigenvalue weighted by molar-refractivity contribution is -0.129. The van der Waals surface area contributed by atoms with Gasteiger partial charge in [0.1, 0.15) is 22.5 Å². The van der Waals surface area contributed by atoms with Crippen molar-refractivity contribution < 1.29 is 9.21 Å². The molecule has 1 saturated carbocycles. The fourth-order valence-corrected chi connectivity index (χ4v) is 4.32. The molecule has 1 aliphatic carbocycles. The van der Waals surface area contributed by atoms with Gasteiger partial charge in [0.2, 0.25) is 17.7 Å². The van der Waals surface area contributed by atoms with Gasteiger partial charge in [-0.2, -0.15) is 5.26 Å². The first-order chi connectivity index (χ1) is 15.0. The molecule has 0 spiro atoms. The molecule has 0 N–H and O–H groups in total. The van der Waals surface area contributed by atoms with Gasteiger partial charge in [0, 0.05) is 6.04 Å². The van der Waals surface area contributed by atoms with E-state index in [1.807, 2.05) is 12.1 Å². The van der Waals surface area contributed by atoms with Crippen LogP contribution in [0.2, 0.25) is 5.02 Å². The third-order valence-corrected chi connectivity index (χ3v) is 6.09. The first-order valence-corrected chi connectivity index (χ1v) is 11.1. The second-order valence-electron chi connectivity index (χ2n) is 7.17. The second-order valence-corrected chi connectivity index (χ2v) is 8.54. The number of benzene rings is 1. The van der Waals surface area contributed by atoms with E-state index in [4.69, 9.17) is 16.0 Å². The Hall–Kier alpha value is -2.96. The molecule has 1 aliphatic rings. The lowest BCUT2D eigenvalue weighted by Crippen LogP contribution is -2.34. The lowest BCUT2D eigenvalue weighted by Gasteiger charge is -2.20. The molecule has 158 valence electrons. The minimum atomic E-state index is -0.0669. The number of hydrogen-bond acceptors (Lipinski definition) is 8. The number of aromatic nitrogens is 4. The average Bonchev–Trinajstić information content (AvgIpc) is 3.48. The summed E-state index contributed by atoms with van der Waals surface area (Å²) >= 11 is 7.45. The molecule has 0 bridgehead atoms. The highest BCUT2D eigenvalue weighted by molar-refractivity contribution is 8.00. The van der Waals surface area contributed by atoms with Gasteiger partial charge in [0.05, 0.1) is 28.6 Å². The maximum absolute atomic E-state index is 13.0. The summed E-state index contributed by atoms with van der Waals surface area (Å²) in [5.41, 5.74) is 1.67. The van der Waals surface area contributed by atoms with E-state index in [-0.39, 0.29) is 24.2 Å². The molecule has 2 heterocycles. The summed E-state index contributed by atoms with van der Waals surface area (Å²) in [6.07, 6.45) is 1.88. The molecule has 1 amide bonds. The first-order valence-electron chi connectivity index (χ1n) is 9.71. The summed E-state index contributed by atoms with van der Waals surface area (Å²) in [4.78, 5) is 23.3. The predicted molar refractivity (Wildman–Crippen MR) is 115 cm³/mol. The van der Waals surface area contributed by atoms with Crippen molar-refractivity contribution in [3.05, 3.63) is 52.3 Å². The van der Waals surface area contributed by atoms with E-state index in [1.54, 1.807) is 30.9 Å². The number of thioether (sulfide) groups is 1. The summed E-state index contributed by atoms with van der Waals surface area (Å²) in [7, 11) is 0. The molecule has 8 nitrogen and oxygen atoms in total. The molecular weight excluding hydrogens is 436 g/mol. The van der Waals surface area contributed by atoms with E-state index in [2.05, 4.69) is 26.2 Å². The summed E-state index contributed by atoms with van der Waals surface area (Å²) < 4.78 is 5.77. The normalized spacial score (nSPS) is 13.1. The monoisotopic (exact) mass is 454 g/mol. The highest BCUT2D eigenvalue weighted by Crippen LogP contribution is 2.31. The average molecular weight is 455 g/mol. The zero-order valence-electron chi connectivity index (χ0n) is 17.0. The van der Waals surface area contributed by atoms with E-state index in [0.29, 0.717) is 44.5 Å². The molecule has 2 aromatic heterocycles. The summed E-state index contributed by atoms with van der Waals surface area (Å²) in [5, 5.41) is 18.6. The number of aryl methyl sites for hydroxylation is 2. The van der Waals surface area contributed by atoms with E-state index in [9.17, 15) is 10.1 Å². The Kier molecular flexibility index (Phi) is 6.20. The Balaban J connectivity index is 1.46. The molecule has 10 heteroatoms. The standard InChI is InChI=1S/C21H19ClN6O2S/c1-12-16(9-23)21(25-13(2)24-12)31-11-19(29)28(14-7-8-14)10-18-26-27-20(30-18)15-5-3-4-6-17(15)22/h3-6,14H,7-8,10-11H2,1-2H3. The Morgan fingerprint density at radius 1 is 1.29 bits per heavy atom. The van der Waals surface area contributed by atoms with Gasteiger partial charge in [0.25, 0.3) is 0 Å². The van der Waals surface area contributed by atoms with Crippen LogP contribution in [0.1, 0.15) is 35.8 Å². The van der Waals surface area contributed by atoms with Gasteiger partial charge < -0.3 is 9.32 Å². The molecule has 0 atom stereocenters. The van der Waals surface area contributed by atoms with Crippen LogP contribution < -0.4 is 0 Å². The van der Waals surface area contributed by atoms with Gasteiger partial charge in [-0.15, -0.1) is 10.2 Å². The maximum atomic E-state index is 13.0. The van der Waals surface area contributed by atoms with E-state index in [0.717, 1.165) is 12.8 Å². The van der Waals surface area contributed by atoms with E-state index in [1.165, 1.54) is 11.8 Å². The van der Waals surface area contributed by atoms with Gasteiger partial charge >= 0.3 is 0 Å². The number of carbonyl (C=O) groups excluding carboxylic acids is 1. The summed E-state index contributed by atoms with van der Waals surface area (Å²) in [6, 6.07) is 9.51. The molecule has 0 unspecified atom stereocenters. The van der Waals surface area contributed by atoms with Gasteiger partial charge in [0.15, 0.2) is 0 Å². The summed E-state index contributed by atoms with van der Waals surface area (Å²) in [5.74, 6) is 1.34. The Bertz CT molecular complexity index is 1170. The fourth-order valence-electron chi connectivity index (χ4n) is 3.14. The van der Waals surface area contributed by atoms with Crippen molar-refractivity contribution in [1.29, 1.82) is 5.26 Å². The van der Waals surface area contributed by atoms with Crippen LogP contribution in [0, 0.1) is 25.2 Å². The van der Waals surface area contributed by atoms with Gasteiger partial charge in [-0.3, -0.25) is 4.79 Å². The third-order valence-electron chi connectivity index (χ3n) is 4.80. The van der Waals surface area contributed by atoms with Gasteiger partial charge in [-0.25, -0.2) is 9.97 Å². The number of amides is 1. The zero-order valence-corrected chi connectivity index (χ0v) is 18.6. The number of nitrogens with zero attached hydrogens (tertiary/aromatic N) is 6. The van der Waals surface area contributed by atoms with Gasteiger partial charge in [-0.1, -0.05) is 35.5 Å². The lowest BCUT2D eigenvalue weighted by atomic mass is 10.2. The third kappa shape index (κ3) is 4.86. The Labute approximate surface area is 188 Å². The molecule has 1 aromatic carbocycles. The van der Waals surface area contributed by atoms with Crippen molar-refractivity contribution >= 4 is 29.3 Å². The number of nitriles is 1. The van der Waals surface area contributed by atoms with E-state index >= 15 is 0 Å². The first kappa shape index (κ1) is 21.3. The molecule has 1 fully saturated rings. The number of hydrogen-bond donors (Lipinski definition) is 0. The van der Waals surface area contributed by atoms with Crippen molar-refractivity contribution in [2.24, 2.45) is 0 Å². The van der Waals surface area contributed by atoms with Crippen molar-refractivity contribution in [3.63, 3.8) is 0 Å². The molecule has 0 aliphatic heterocycles. The largest absolute Gasteiger partial charge is 0.419 e. The number of rotatable bonds is 7. The van der Waals surface area contributed by atoms with Crippen LogP contribution in [0.15, 0.2) is 33.7 Å². The topological polar surface area (TPSA) is 109 Å². The van der Waals surface area contributed by atoms with Crippen molar-refractivity contribution in [2.75, 3.05) is 5.75 Å². The zero-order chi connectivity index (χ0) is 22.0. The molecule has 3 aromatic rings. The predicted octanol–water partition coefficient (Wildman–Crippen LogP) is 3.95. The fraction of sp³-hybridized carbons (Fsp3) is 0.333. The van der Waals surface area contributed by atoms with Crippen LogP contribution in [0.5, 0.6) is 0 Å². The van der Waals surface area contributed by atoms with Crippen LogP contribution in [-0.2, 0) is 11.3 Å². The smallest absolute Gasteiger partial charge is 0.249 e. The van der Waals surface area contributed by atoms with Crippen LogP contribution in [-0.4, -0.2) is 42.8 Å². The quantitative estimate of drug-likeness (QED) is 0.390. The maximum Gasteiger partial charge on any atom is 0.249 e. The molecule has 0 radical (unpaired) electrons. The molecular formula is C21H19ClN6O2S. The number of carbonyl (C=O) groups is 1. The van der Waals surface area contributed by atoms with Crippen molar-refractivity contribution in [2.45, 2.75) is 44.3 Å². The van der Waals surface area contributed by atoms with Crippen molar-refractivity contribution in [1.82, 2.24) is 25.1 Å². The number of halogens is 1. The van der Waals surface area contributed by atoms with Crippen molar-refractivity contribution in [3.8, 4) is 17.5 Å². The van der Waals surface area contributed by atoms with E-state index < -0.39 is 0 Å². The van der Waals surface area contributed by atoms with Crippen LogP contribution >= 0.6 is 23.4 Å². The van der Waals surface area contributed by atoms with Crippen LogP contribution in [0.3, 0.4) is 0 Å². The Morgan fingerprint density at radius 3 is 2.77 bits per heavy atom. The highest BCUT2D eigenvalue weighted by Gasteiger charge is 2.34. The highest BCUT2D eigenvalue weighted by atomic mass is 35.5. The minimum Gasteiger partial charge on any atom is -0.419 e. The SMILES string of the molecule is Cc1nc(C)c(C#N)c(SCC(=O)N(Cc2nnc(-c3ccccc3Cl)o2)C2CC2)n1. The second kappa shape index (κ2) is 9.04. The van der Waals surface area contributed by atoms with Crippen LogP contribution in [0.4, 0.5) is 0 Å². The summed E-state index contributed by atoms with van der Waals surface area (Å²) in [6.45, 7) is 3.76. The minimum absolute atomic E-state index is 0.0669.